The normalized spacial score (nSPS) is 22.2. The second-order valence-corrected chi connectivity index (χ2v) is 5.42. The minimum absolute atomic E-state index is 0.000204. The maximum atomic E-state index is 9.28. The molecule has 0 aliphatic carbocycles. The fourth-order valence-electron chi connectivity index (χ4n) is 2.72. The van der Waals surface area contributed by atoms with Gasteiger partial charge < -0.3 is 14.9 Å². The molecule has 106 valence electrons. The molecule has 1 aliphatic heterocycles. The Balaban J connectivity index is 1.78. The van der Waals surface area contributed by atoms with Crippen molar-refractivity contribution in [2.45, 2.75) is 31.6 Å². The highest BCUT2D eigenvalue weighted by atomic mass is 16.5. The van der Waals surface area contributed by atoms with Crippen LogP contribution in [-0.2, 0) is 11.8 Å². The molecule has 5 nitrogen and oxygen atoms in total. The van der Waals surface area contributed by atoms with E-state index in [0.717, 1.165) is 37.4 Å². The molecule has 0 spiro atoms. The zero-order valence-corrected chi connectivity index (χ0v) is 11.6. The molecule has 1 fully saturated rings. The van der Waals surface area contributed by atoms with Gasteiger partial charge in [0.15, 0.2) is 5.82 Å². The van der Waals surface area contributed by atoms with Gasteiger partial charge in [-0.05, 0) is 37.1 Å². The number of phenolic OH excluding ortho intramolecular Hbond substituents is 1. The third kappa shape index (κ3) is 2.41. The molecule has 1 unspecified atom stereocenters. The smallest absolute Gasteiger partial charge is 0.234 e. The molecule has 1 saturated heterocycles. The van der Waals surface area contributed by atoms with Crippen molar-refractivity contribution in [3.63, 3.8) is 0 Å². The van der Waals surface area contributed by atoms with Crippen molar-refractivity contribution in [1.82, 2.24) is 15.5 Å². The van der Waals surface area contributed by atoms with Crippen molar-refractivity contribution in [3.8, 4) is 5.75 Å². The van der Waals surface area contributed by atoms with Crippen LogP contribution in [0.25, 0.3) is 0 Å². The van der Waals surface area contributed by atoms with Gasteiger partial charge in [-0.15, -0.1) is 0 Å². The van der Waals surface area contributed by atoms with Crippen molar-refractivity contribution >= 4 is 0 Å². The number of hydrogen-bond donors (Lipinski definition) is 2. The van der Waals surface area contributed by atoms with Crippen LogP contribution in [-0.4, -0.2) is 28.3 Å². The number of nitrogens with one attached hydrogen (secondary N) is 1. The van der Waals surface area contributed by atoms with Gasteiger partial charge in [0, 0.05) is 13.0 Å². The Morgan fingerprint density at radius 3 is 2.80 bits per heavy atom. The minimum atomic E-state index is 0.000204. The second kappa shape index (κ2) is 5.25. The monoisotopic (exact) mass is 273 g/mol. The van der Waals surface area contributed by atoms with E-state index in [1.807, 2.05) is 12.1 Å². The second-order valence-electron chi connectivity index (χ2n) is 5.42. The molecule has 2 N–H and O–H groups in total. The number of nitrogens with zero attached hydrogens (tertiary/aromatic N) is 2. The summed E-state index contributed by atoms with van der Waals surface area (Å²) < 4.78 is 5.49. The Labute approximate surface area is 118 Å². The first kappa shape index (κ1) is 13.1. The van der Waals surface area contributed by atoms with Crippen LogP contribution in [0, 0.1) is 0 Å². The van der Waals surface area contributed by atoms with Gasteiger partial charge in [0.2, 0.25) is 5.89 Å². The summed E-state index contributed by atoms with van der Waals surface area (Å²) >= 11 is 0. The number of aromatic hydroxyl groups is 1. The van der Waals surface area contributed by atoms with Crippen LogP contribution < -0.4 is 5.32 Å². The van der Waals surface area contributed by atoms with E-state index < -0.39 is 0 Å². The number of hydrogen-bond acceptors (Lipinski definition) is 5. The number of benzene rings is 1. The Hall–Kier alpha value is -1.88. The summed E-state index contributed by atoms with van der Waals surface area (Å²) in [6.07, 6.45) is 2.67. The van der Waals surface area contributed by atoms with Crippen LogP contribution >= 0.6 is 0 Å². The summed E-state index contributed by atoms with van der Waals surface area (Å²) in [5.41, 5.74) is 1.06. The van der Waals surface area contributed by atoms with Gasteiger partial charge in [0.1, 0.15) is 5.75 Å². The third-order valence-corrected chi connectivity index (χ3v) is 4.14. The molecule has 0 saturated carbocycles. The lowest BCUT2D eigenvalue weighted by molar-refractivity contribution is 0.283. The average Bonchev–Trinajstić information content (AvgIpc) is 3.11. The van der Waals surface area contributed by atoms with Crippen LogP contribution in [0.2, 0.25) is 0 Å². The maximum absolute atomic E-state index is 9.28. The molecule has 2 aromatic rings. The fourth-order valence-corrected chi connectivity index (χ4v) is 2.72. The third-order valence-electron chi connectivity index (χ3n) is 4.14. The van der Waals surface area contributed by atoms with Crippen LogP contribution in [0.5, 0.6) is 5.75 Å². The van der Waals surface area contributed by atoms with Crippen LogP contribution in [0.4, 0.5) is 0 Å². The maximum Gasteiger partial charge on any atom is 0.234 e. The zero-order chi connectivity index (χ0) is 14.0. The van der Waals surface area contributed by atoms with Gasteiger partial charge in [0.25, 0.3) is 0 Å². The quantitative estimate of drug-likeness (QED) is 0.891. The highest BCUT2D eigenvalue weighted by Gasteiger charge is 2.39. The van der Waals surface area contributed by atoms with Crippen molar-refractivity contribution in [1.29, 1.82) is 0 Å². The van der Waals surface area contributed by atoms with Gasteiger partial charge in [-0.1, -0.05) is 24.2 Å². The molecule has 1 aromatic carbocycles. The Kier molecular flexibility index (Phi) is 3.44. The van der Waals surface area contributed by atoms with E-state index in [2.05, 4.69) is 22.4 Å². The largest absolute Gasteiger partial charge is 0.508 e. The van der Waals surface area contributed by atoms with Gasteiger partial charge in [0.05, 0.1) is 5.41 Å². The summed E-state index contributed by atoms with van der Waals surface area (Å²) in [7, 11) is 0. The number of rotatable bonds is 4. The number of aromatic nitrogens is 2. The molecular weight excluding hydrogens is 254 g/mol. The topological polar surface area (TPSA) is 71.2 Å². The summed E-state index contributed by atoms with van der Waals surface area (Å²) in [4.78, 5) is 4.57. The van der Waals surface area contributed by atoms with Gasteiger partial charge >= 0.3 is 0 Å². The Morgan fingerprint density at radius 2 is 2.15 bits per heavy atom. The first-order valence-corrected chi connectivity index (χ1v) is 7.03. The summed E-state index contributed by atoms with van der Waals surface area (Å²) in [5, 5.41) is 16.7. The predicted octanol–water partition coefficient (Wildman–Crippen LogP) is 2.01. The lowest BCUT2D eigenvalue weighted by Gasteiger charge is -2.20. The van der Waals surface area contributed by atoms with E-state index in [9.17, 15) is 5.11 Å². The molecule has 20 heavy (non-hydrogen) atoms. The molecular formula is C15H19N3O2. The van der Waals surface area contributed by atoms with Crippen LogP contribution in [0.1, 0.15) is 37.0 Å². The summed E-state index contributed by atoms with van der Waals surface area (Å²) in [6, 6.07) is 7.09. The molecule has 5 heteroatoms. The molecule has 0 amide bonds. The van der Waals surface area contributed by atoms with E-state index >= 15 is 0 Å². The lowest BCUT2D eigenvalue weighted by atomic mass is 9.84. The standard InChI is InChI=1S/C15H19N3O2/c1-2-15(7-8-16-10-15)14-17-13(18-20-14)9-11-3-5-12(19)6-4-11/h3-6,16,19H,2,7-10H2,1H3. The first-order valence-electron chi connectivity index (χ1n) is 7.03. The Bertz CT molecular complexity index is 571. The lowest BCUT2D eigenvalue weighted by Crippen LogP contribution is -2.28. The van der Waals surface area contributed by atoms with Crippen molar-refractivity contribution in [2.75, 3.05) is 13.1 Å². The van der Waals surface area contributed by atoms with Crippen molar-refractivity contribution < 1.29 is 9.63 Å². The highest BCUT2D eigenvalue weighted by Crippen LogP contribution is 2.32. The van der Waals surface area contributed by atoms with E-state index in [0.29, 0.717) is 12.2 Å². The fraction of sp³-hybridized carbons (Fsp3) is 0.467. The predicted molar refractivity (Wildman–Crippen MR) is 74.7 cm³/mol. The van der Waals surface area contributed by atoms with Crippen LogP contribution in [0.15, 0.2) is 28.8 Å². The van der Waals surface area contributed by atoms with E-state index in [-0.39, 0.29) is 11.2 Å². The molecule has 2 heterocycles. The van der Waals surface area contributed by atoms with E-state index in [4.69, 9.17) is 4.52 Å². The molecule has 0 bridgehead atoms. The zero-order valence-electron chi connectivity index (χ0n) is 11.6. The summed E-state index contributed by atoms with van der Waals surface area (Å²) in [5.74, 6) is 1.72. The molecule has 1 atom stereocenters. The highest BCUT2D eigenvalue weighted by molar-refractivity contribution is 5.27. The molecule has 1 aromatic heterocycles. The average molecular weight is 273 g/mol. The number of phenols is 1. The SMILES string of the molecule is CCC1(c2nc(Cc3ccc(O)cc3)no2)CCNC1. The van der Waals surface area contributed by atoms with Gasteiger partial charge in [-0.3, -0.25) is 0 Å². The van der Waals surface area contributed by atoms with E-state index in [1.165, 1.54) is 0 Å². The van der Waals surface area contributed by atoms with E-state index in [1.54, 1.807) is 12.1 Å². The van der Waals surface area contributed by atoms with Gasteiger partial charge in [-0.25, -0.2) is 0 Å². The summed E-state index contributed by atoms with van der Waals surface area (Å²) in [6.45, 7) is 4.07. The van der Waals surface area contributed by atoms with Crippen LogP contribution in [0.3, 0.4) is 0 Å². The van der Waals surface area contributed by atoms with Crippen molar-refractivity contribution in [2.24, 2.45) is 0 Å². The Morgan fingerprint density at radius 1 is 1.35 bits per heavy atom. The minimum Gasteiger partial charge on any atom is -0.508 e. The van der Waals surface area contributed by atoms with Gasteiger partial charge in [-0.2, -0.15) is 4.98 Å². The molecule has 0 radical (unpaired) electrons. The van der Waals surface area contributed by atoms with Crippen molar-refractivity contribution in [3.05, 3.63) is 41.5 Å². The molecule has 3 rings (SSSR count). The first-order chi connectivity index (χ1) is 9.72. The molecule has 1 aliphatic rings.